The molecule has 2 aromatic rings. The Bertz CT molecular complexity index is 818. The van der Waals surface area contributed by atoms with Gasteiger partial charge in [-0.3, -0.25) is 9.69 Å². The number of benzene rings is 1. The standard InChI is InChI=1S/C23H30N4O3/c1-18(17-26-13-15-27(16-14-26)21-5-3-4-12-24-21)25-22(28)11-8-19-6-9-20(10-7-19)23(29)30-2/h3-7,9-10,12,18H,8,11,13-17H2,1-2H3,(H,25,28). The summed E-state index contributed by atoms with van der Waals surface area (Å²) >= 11 is 0. The number of hydrogen-bond acceptors (Lipinski definition) is 6. The SMILES string of the molecule is COC(=O)c1ccc(CCC(=O)NC(C)CN2CCN(c3ccccn3)CC2)cc1. The molecule has 1 aromatic heterocycles. The summed E-state index contributed by atoms with van der Waals surface area (Å²) in [5.41, 5.74) is 1.54. The molecule has 1 atom stereocenters. The normalized spacial score (nSPS) is 15.5. The van der Waals surface area contributed by atoms with Crippen molar-refractivity contribution in [1.29, 1.82) is 0 Å². The molecular formula is C23H30N4O3. The molecule has 1 aliphatic rings. The fourth-order valence-electron chi connectivity index (χ4n) is 3.66. The van der Waals surface area contributed by atoms with Gasteiger partial charge in [-0.05, 0) is 43.2 Å². The van der Waals surface area contributed by atoms with Gasteiger partial charge in [0.05, 0.1) is 12.7 Å². The number of pyridine rings is 1. The summed E-state index contributed by atoms with van der Waals surface area (Å²) in [5, 5.41) is 3.10. The van der Waals surface area contributed by atoms with Crippen molar-refractivity contribution in [3.8, 4) is 0 Å². The Morgan fingerprint density at radius 3 is 2.47 bits per heavy atom. The highest BCUT2D eigenvalue weighted by Gasteiger charge is 2.20. The van der Waals surface area contributed by atoms with Gasteiger partial charge in [0.2, 0.25) is 5.91 Å². The molecule has 1 N–H and O–H groups in total. The average molecular weight is 411 g/mol. The van der Waals surface area contributed by atoms with E-state index in [-0.39, 0.29) is 17.9 Å². The van der Waals surface area contributed by atoms with Crippen LogP contribution in [0.1, 0.15) is 29.3 Å². The third-order valence-electron chi connectivity index (χ3n) is 5.30. The van der Waals surface area contributed by atoms with E-state index >= 15 is 0 Å². The van der Waals surface area contributed by atoms with Gasteiger partial charge in [0.25, 0.3) is 0 Å². The molecule has 0 bridgehead atoms. The molecule has 1 aliphatic heterocycles. The molecule has 1 fully saturated rings. The van der Waals surface area contributed by atoms with Crippen molar-refractivity contribution in [1.82, 2.24) is 15.2 Å². The number of esters is 1. The minimum absolute atomic E-state index is 0.0478. The zero-order valence-corrected chi connectivity index (χ0v) is 17.7. The fourth-order valence-corrected chi connectivity index (χ4v) is 3.66. The smallest absolute Gasteiger partial charge is 0.337 e. The quantitative estimate of drug-likeness (QED) is 0.672. The van der Waals surface area contributed by atoms with E-state index < -0.39 is 0 Å². The van der Waals surface area contributed by atoms with Crippen molar-refractivity contribution < 1.29 is 14.3 Å². The number of hydrogen-bond donors (Lipinski definition) is 1. The molecule has 0 saturated carbocycles. The summed E-state index contributed by atoms with van der Waals surface area (Å²) in [6, 6.07) is 13.3. The highest BCUT2D eigenvalue weighted by atomic mass is 16.5. The van der Waals surface area contributed by atoms with E-state index in [1.165, 1.54) is 7.11 Å². The zero-order valence-electron chi connectivity index (χ0n) is 17.7. The summed E-state index contributed by atoms with van der Waals surface area (Å²) in [6.45, 7) is 6.70. The van der Waals surface area contributed by atoms with Crippen LogP contribution >= 0.6 is 0 Å². The zero-order chi connectivity index (χ0) is 21.3. The lowest BCUT2D eigenvalue weighted by atomic mass is 10.1. The van der Waals surface area contributed by atoms with Crippen molar-refractivity contribution >= 4 is 17.7 Å². The number of rotatable bonds is 8. The number of carbonyl (C=O) groups excluding carboxylic acids is 2. The van der Waals surface area contributed by atoms with Crippen LogP contribution in [0, 0.1) is 0 Å². The van der Waals surface area contributed by atoms with Gasteiger partial charge in [-0.15, -0.1) is 0 Å². The largest absolute Gasteiger partial charge is 0.465 e. The Morgan fingerprint density at radius 1 is 1.10 bits per heavy atom. The van der Waals surface area contributed by atoms with E-state index in [1.807, 2.05) is 43.5 Å². The van der Waals surface area contributed by atoms with Crippen LogP contribution in [0.25, 0.3) is 0 Å². The van der Waals surface area contributed by atoms with Gasteiger partial charge >= 0.3 is 5.97 Å². The number of aromatic nitrogens is 1. The van der Waals surface area contributed by atoms with Crippen LogP contribution in [0.2, 0.25) is 0 Å². The molecule has 0 radical (unpaired) electrons. The Kier molecular flexibility index (Phi) is 7.79. The molecule has 7 nitrogen and oxygen atoms in total. The maximum absolute atomic E-state index is 12.3. The van der Waals surface area contributed by atoms with Crippen LogP contribution in [0.15, 0.2) is 48.7 Å². The van der Waals surface area contributed by atoms with Gasteiger partial charge in [-0.2, -0.15) is 0 Å². The first-order valence-electron chi connectivity index (χ1n) is 10.4. The number of anilines is 1. The van der Waals surface area contributed by atoms with E-state index in [2.05, 4.69) is 20.1 Å². The lowest BCUT2D eigenvalue weighted by Crippen LogP contribution is -2.51. The lowest BCUT2D eigenvalue weighted by Gasteiger charge is -2.36. The van der Waals surface area contributed by atoms with Crippen LogP contribution in [0.3, 0.4) is 0 Å². The third-order valence-corrected chi connectivity index (χ3v) is 5.30. The van der Waals surface area contributed by atoms with Crippen LogP contribution in [-0.4, -0.2) is 67.6 Å². The highest BCUT2D eigenvalue weighted by molar-refractivity contribution is 5.89. The first kappa shape index (κ1) is 21.8. The first-order chi connectivity index (χ1) is 14.5. The molecule has 1 saturated heterocycles. The van der Waals surface area contributed by atoms with E-state index in [0.717, 1.165) is 44.1 Å². The summed E-state index contributed by atoms with van der Waals surface area (Å²) in [4.78, 5) is 32.9. The predicted octanol–water partition coefficient (Wildman–Crippen LogP) is 2.13. The summed E-state index contributed by atoms with van der Waals surface area (Å²) in [7, 11) is 1.36. The molecule has 0 spiro atoms. The average Bonchev–Trinajstić information content (AvgIpc) is 2.78. The maximum atomic E-state index is 12.3. The molecule has 0 aliphatic carbocycles. The number of amides is 1. The van der Waals surface area contributed by atoms with Crippen molar-refractivity contribution in [2.24, 2.45) is 0 Å². The first-order valence-corrected chi connectivity index (χ1v) is 10.4. The Morgan fingerprint density at radius 2 is 1.83 bits per heavy atom. The summed E-state index contributed by atoms with van der Waals surface area (Å²) in [5.74, 6) is 0.721. The van der Waals surface area contributed by atoms with Crippen LogP contribution in [0.5, 0.6) is 0 Å². The van der Waals surface area contributed by atoms with Crippen molar-refractivity contribution in [2.75, 3.05) is 44.7 Å². The molecule has 1 aromatic carbocycles. The maximum Gasteiger partial charge on any atom is 0.337 e. The van der Waals surface area contributed by atoms with Gasteiger partial charge in [-0.25, -0.2) is 9.78 Å². The van der Waals surface area contributed by atoms with E-state index in [4.69, 9.17) is 4.74 Å². The van der Waals surface area contributed by atoms with Gasteiger partial charge < -0.3 is 15.0 Å². The Hall–Kier alpha value is -2.93. The Labute approximate surface area is 178 Å². The molecule has 7 heteroatoms. The molecule has 3 rings (SSSR count). The highest BCUT2D eigenvalue weighted by Crippen LogP contribution is 2.13. The molecule has 160 valence electrons. The minimum Gasteiger partial charge on any atom is -0.465 e. The second-order valence-corrected chi connectivity index (χ2v) is 7.63. The van der Waals surface area contributed by atoms with Gasteiger partial charge in [0.15, 0.2) is 0 Å². The minimum atomic E-state index is -0.353. The van der Waals surface area contributed by atoms with Crippen molar-refractivity contribution in [3.63, 3.8) is 0 Å². The second kappa shape index (κ2) is 10.7. The molecule has 30 heavy (non-hydrogen) atoms. The van der Waals surface area contributed by atoms with Gasteiger partial charge in [-0.1, -0.05) is 18.2 Å². The van der Waals surface area contributed by atoms with Crippen molar-refractivity contribution in [2.45, 2.75) is 25.8 Å². The summed E-state index contributed by atoms with van der Waals surface area (Å²) in [6.07, 6.45) is 2.89. The van der Waals surface area contributed by atoms with E-state index in [0.29, 0.717) is 18.4 Å². The topological polar surface area (TPSA) is 74.8 Å². The monoisotopic (exact) mass is 410 g/mol. The van der Waals surface area contributed by atoms with Crippen molar-refractivity contribution in [3.05, 3.63) is 59.8 Å². The third kappa shape index (κ3) is 6.29. The second-order valence-electron chi connectivity index (χ2n) is 7.63. The fraction of sp³-hybridized carbons (Fsp3) is 0.435. The molecule has 1 unspecified atom stereocenters. The lowest BCUT2D eigenvalue weighted by molar-refractivity contribution is -0.121. The number of nitrogens with zero attached hydrogens (tertiary/aromatic N) is 3. The van der Waals surface area contributed by atoms with Gasteiger partial charge in [0, 0.05) is 51.4 Å². The van der Waals surface area contributed by atoms with Gasteiger partial charge in [0.1, 0.15) is 5.82 Å². The molecular weight excluding hydrogens is 380 g/mol. The summed E-state index contributed by atoms with van der Waals surface area (Å²) < 4.78 is 4.70. The van der Waals surface area contributed by atoms with Crippen LogP contribution < -0.4 is 10.2 Å². The number of ether oxygens (including phenoxy) is 1. The van der Waals surface area contributed by atoms with Crippen LogP contribution in [0.4, 0.5) is 5.82 Å². The predicted molar refractivity (Wildman–Crippen MR) is 117 cm³/mol. The molecule has 2 heterocycles. The number of nitrogens with one attached hydrogen (secondary N) is 1. The Balaban J connectivity index is 1.36. The number of methoxy groups -OCH3 is 1. The van der Waals surface area contributed by atoms with E-state index in [1.54, 1.807) is 12.1 Å². The number of aryl methyl sites for hydroxylation is 1. The number of carbonyl (C=O) groups is 2. The van der Waals surface area contributed by atoms with E-state index in [9.17, 15) is 9.59 Å². The molecule has 1 amide bonds. The number of piperazine rings is 1. The van der Waals surface area contributed by atoms with Crippen LogP contribution in [-0.2, 0) is 16.0 Å².